The molecular formula is C14H21NO6S2. The summed E-state index contributed by atoms with van der Waals surface area (Å²) in [5.74, 6) is -0.330. The van der Waals surface area contributed by atoms with Crippen molar-refractivity contribution < 1.29 is 25.2 Å². The maximum atomic E-state index is 11.4. The van der Waals surface area contributed by atoms with E-state index in [1.807, 2.05) is 35.2 Å². The molecule has 1 fully saturated rings. The average Bonchev–Trinajstić information content (AvgIpc) is 2.76. The summed E-state index contributed by atoms with van der Waals surface area (Å²) < 4.78 is 55.0. The Bertz CT molecular complexity index is 717. The molecule has 0 bridgehead atoms. The zero-order valence-corrected chi connectivity index (χ0v) is 14.7. The molecule has 0 unspecified atom stereocenters. The van der Waals surface area contributed by atoms with Crippen LogP contribution in [0.15, 0.2) is 30.3 Å². The molecule has 1 aromatic rings. The van der Waals surface area contributed by atoms with Gasteiger partial charge >= 0.3 is 0 Å². The molecule has 0 amide bonds. The van der Waals surface area contributed by atoms with Gasteiger partial charge < -0.3 is 0 Å². The highest BCUT2D eigenvalue weighted by molar-refractivity contribution is 7.86. The molecule has 2 rings (SSSR count). The molecule has 1 saturated heterocycles. The fourth-order valence-corrected chi connectivity index (χ4v) is 3.69. The number of nitrogens with zero attached hydrogens (tertiary/aromatic N) is 1. The molecule has 130 valence electrons. The second-order valence-corrected chi connectivity index (χ2v) is 9.01. The molecule has 1 aromatic carbocycles. The van der Waals surface area contributed by atoms with Gasteiger partial charge in [-0.25, -0.2) is 0 Å². The third-order valence-corrected chi connectivity index (χ3v) is 4.66. The Morgan fingerprint density at radius 1 is 1.04 bits per heavy atom. The van der Waals surface area contributed by atoms with Crippen molar-refractivity contribution in [3.05, 3.63) is 35.9 Å². The highest BCUT2D eigenvalue weighted by atomic mass is 32.2. The van der Waals surface area contributed by atoms with E-state index < -0.39 is 26.3 Å². The van der Waals surface area contributed by atoms with E-state index in [4.69, 9.17) is 8.37 Å². The van der Waals surface area contributed by atoms with Crippen LogP contribution < -0.4 is 0 Å². The predicted octanol–water partition coefficient (Wildman–Crippen LogP) is 0.439. The first kappa shape index (κ1) is 18.3. The number of hydrogen-bond donors (Lipinski definition) is 0. The van der Waals surface area contributed by atoms with Crippen LogP contribution in [0, 0.1) is 5.92 Å². The van der Waals surface area contributed by atoms with Gasteiger partial charge in [-0.15, -0.1) is 0 Å². The van der Waals surface area contributed by atoms with Crippen LogP contribution in [-0.2, 0) is 35.1 Å². The van der Waals surface area contributed by atoms with Crippen molar-refractivity contribution in [1.29, 1.82) is 0 Å². The highest BCUT2D eigenvalue weighted by Gasteiger charge is 2.36. The van der Waals surface area contributed by atoms with E-state index in [1.165, 1.54) is 0 Å². The quantitative estimate of drug-likeness (QED) is 0.649. The molecule has 0 aromatic heterocycles. The lowest BCUT2D eigenvalue weighted by Gasteiger charge is -2.16. The lowest BCUT2D eigenvalue weighted by atomic mass is 10.1. The Labute approximate surface area is 137 Å². The van der Waals surface area contributed by atoms with Gasteiger partial charge in [-0.1, -0.05) is 30.3 Å². The van der Waals surface area contributed by atoms with E-state index in [9.17, 15) is 16.8 Å². The summed E-state index contributed by atoms with van der Waals surface area (Å²) in [6.45, 7) is 1.45. The molecule has 1 heterocycles. The average molecular weight is 363 g/mol. The maximum Gasteiger partial charge on any atom is 0.264 e. The minimum atomic E-state index is -3.62. The fraction of sp³-hybridized carbons (Fsp3) is 0.571. The van der Waals surface area contributed by atoms with E-state index >= 15 is 0 Å². The normalized spacial score (nSPS) is 23.2. The first-order valence-corrected chi connectivity index (χ1v) is 10.7. The Balaban J connectivity index is 2.04. The van der Waals surface area contributed by atoms with Gasteiger partial charge in [-0.2, -0.15) is 16.8 Å². The fourth-order valence-electron chi connectivity index (χ4n) is 2.60. The lowest BCUT2D eigenvalue weighted by molar-refractivity contribution is 0.141. The summed E-state index contributed by atoms with van der Waals surface area (Å²) in [5, 5.41) is 0. The van der Waals surface area contributed by atoms with Crippen molar-refractivity contribution in [2.45, 2.75) is 12.6 Å². The Morgan fingerprint density at radius 3 is 2.26 bits per heavy atom. The van der Waals surface area contributed by atoms with Gasteiger partial charge in [-0.3, -0.25) is 13.3 Å². The van der Waals surface area contributed by atoms with Gasteiger partial charge in [0.1, 0.15) is 0 Å². The summed E-state index contributed by atoms with van der Waals surface area (Å²) >= 11 is 0. The van der Waals surface area contributed by atoms with Crippen LogP contribution in [0.1, 0.15) is 5.56 Å². The maximum absolute atomic E-state index is 11.4. The van der Waals surface area contributed by atoms with Crippen LogP contribution in [-0.4, -0.2) is 60.0 Å². The van der Waals surface area contributed by atoms with E-state index in [0.29, 0.717) is 19.6 Å². The van der Waals surface area contributed by atoms with Crippen molar-refractivity contribution in [3.63, 3.8) is 0 Å². The van der Waals surface area contributed by atoms with Gasteiger partial charge in [0.25, 0.3) is 20.2 Å². The molecule has 0 saturated carbocycles. The molecule has 0 N–H and O–H groups in total. The minimum absolute atomic E-state index is 0.0929. The third kappa shape index (κ3) is 6.56. The molecular weight excluding hydrogens is 342 g/mol. The van der Waals surface area contributed by atoms with Crippen LogP contribution in [0.5, 0.6) is 0 Å². The SMILES string of the molecule is CS(=O)(=O)OC[C@@H]1CN(Cc2ccccc2)C[C@H]1OS(C)(=O)=O. The molecule has 0 spiro atoms. The zero-order chi connectivity index (χ0) is 17.1. The first-order chi connectivity index (χ1) is 10.6. The monoisotopic (exact) mass is 363 g/mol. The number of rotatable bonds is 7. The van der Waals surface area contributed by atoms with Crippen LogP contribution in [0.3, 0.4) is 0 Å². The smallest absolute Gasteiger partial charge is 0.264 e. The molecule has 7 nitrogen and oxygen atoms in total. The summed E-state index contributed by atoms with van der Waals surface area (Å²) in [5.41, 5.74) is 1.09. The standard InChI is InChI=1S/C14H21NO6S2/c1-22(16,17)20-11-13-9-15(8-12-6-4-3-5-7-12)10-14(13)21-23(2,18)19/h3-7,13-14H,8-11H2,1-2H3/t13-,14+/m0/s1. The third-order valence-electron chi connectivity index (χ3n) is 3.50. The molecule has 23 heavy (non-hydrogen) atoms. The Hall–Kier alpha value is -1.00. The first-order valence-electron chi connectivity index (χ1n) is 7.11. The molecule has 9 heteroatoms. The lowest BCUT2D eigenvalue weighted by Crippen LogP contribution is -2.29. The van der Waals surface area contributed by atoms with Gasteiger partial charge in [0.15, 0.2) is 0 Å². The van der Waals surface area contributed by atoms with Crippen molar-refractivity contribution >= 4 is 20.2 Å². The van der Waals surface area contributed by atoms with Crippen LogP contribution >= 0.6 is 0 Å². The highest BCUT2D eigenvalue weighted by Crippen LogP contribution is 2.24. The largest absolute Gasteiger partial charge is 0.296 e. The van der Waals surface area contributed by atoms with Crippen molar-refractivity contribution in [3.8, 4) is 0 Å². The molecule has 2 atom stereocenters. The second kappa shape index (κ2) is 7.27. The minimum Gasteiger partial charge on any atom is -0.296 e. The van der Waals surface area contributed by atoms with Crippen LogP contribution in [0.2, 0.25) is 0 Å². The van der Waals surface area contributed by atoms with Gasteiger partial charge in [-0.05, 0) is 5.56 Å². The number of benzene rings is 1. The second-order valence-electron chi connectivity index (χ2n) is 5.77. The topological polar surface area (TPSA) is 90.0 Å². The van der Waals surface area contributed by atoms with Crippen LogP contribution in [0.25, 0.3) is 0 Å². The van der Waals surface area contributed by atoms with Gasteiger partial charge in [0, 0.05) is 25.6 Å². The summed E-state index contributed by atoms with van der Waals surface area (Å²) in [6, 6.07) is 9.74. The van der Waals surface area contributed by atoms with Crippen molar-refractivity contribution in [1.82, 2.24) is 4.90 Å². The number of likely N-dealkylation sites (tertiary alicyclic amines) is 1. The predicted molar refractivity (Wildman–Crippen MR) is 85.7 cm³/mol. The molecule has 0 aliphatic carbocycles. The number of hydrogen-bond acceptors (Lipinski definition) is 7. The zero-order valence-electron chi connectivity index (χ0n) is 13.1. The van der Waals surface area contributed by atoms with E-state index in [2.05, 4.69) is 0 Å². The molecule has 1 aliphatic rings. The summed E-state index contributed by atoms with van der Waals surface area (Å²) in [7, 11) is -7.20. The summed E-state index contributed by atoms with van der Waals surface area (Å²) in [6.07, 6.45) is 1.34. The van der Waals surface area contributed by atoms with Crippen LogP contribution in [0.4, 0.5) is 0 Å². The van der Waals surface area contributed by atoms with Gasteiger partial charge in [0.05, 0.1) is 25.2 Å². The molecule has 0 radical (unpaired) electrons. The Kier molecular flexibility index (Phi) is 5.79. The van der Waals surface area contributed by atoms with E-state index in [-0.39, 0.29) is 12.5 Å². The Morgan fingerprint density at radius 2 is 1.70 bits per heavy atom. The molecule has 1 aliphatic heterocycles. The van der Waals surface area contributed by atoms with Crippen molar-refractivity contribution in [2.75, 3.05) is 32.2 Å². The van der Waals surface area contributed by atoms with E-state index in [1.54, 1.807) is 0 Å². The van der Waals surface area contributed by atoms with Gasteiger partial charge in [0.2, 0.25) is 0 Å². The summed E-state index contributed by atoms with van der Waals surface area (Å²) in [4.78, 5) is 2.03. The van der Waals surface area contributed by atoms with E-state index in [0.717, 1.165) is 18.1 Å². The van der Waals surface area contributed by atoms with Crippen molar-refractivity contribution in [2.24, 2.45) is 5.92 Å².